The van der Waals surface area contributed by atoms with Gasteiger partial charge in [-0.15, -0.1) is 13.1 Å². The predicted molar refractivity (Wildman–Crippen MR) is 108 cm³/mol. The third-order valence-corrected chi connectivity index (χ3v) is 6.75. The third kappa shape index (κ3) is 5.36. The van der Waals surface area contributed by atoms with Gasteiger partial charge in [-0.25, -0.2) is 9.98 Å². The van der Waals surface area contributed by atoms with Gasteiger partial charge in [-0.3, -0.25) is 0 Å². The Morgan fingerprint density at radius 3 is 1.81 bits per heavy atom. The number of hydrogen-bond donors (Lipinski definition) is 1. The zero-order valence-electron chi connectivity index (χ0n) is 17.5. The fourth-order valence-corrected chi connectivity index (χ4v) is 4.77. The van der Waals surface area contributed by atoms with E-state index in [2.05, 4.69) is 34.5 Å². The van der Waals surface area contributed by atoms with Gasteiger partial charge in [0.1, 0.15) is 17.8 Å². The molecule has 146 valence electrons. The maximum absolute atomic E-state index is 5.18. The van der Waals surface area contributed by atoms with E-state index in [0.29, 0.717) is 17.8 Å². The fraction of sp³-hybridized carbons (Fsp3) is 0.900. The van der Waals surface area contributed by atoms with E-state index in [1.165, 1.54) is 63.5 Å². The molecule has 4 aliphatic rings. The molecule has 3 saturated heterocycles. The second-order valence-corrected chi connectivity index (χ2v) is 8.73. The number of rotatable bonds is 3. The first-order valence-corrected chi connectivity index (χ1v) is 10.6. The molecule has 1 unspecified atom stereocenters. The molecule has 3 fully saturated rings. The number of hydrogen-bond acceptors (Lipinski definition) is 5. The van der Waals surface area contributed by atoms with E-state index >= 15 is 0 Å². The summed E-state index contributed by atoms with van der Waals surface area (Å²) < 4.78 is 0. The molecule has 4 aliphatic heterocycles. The minimum atomic E-state index is 0. The summed E-state index contributed by atoms with van der Waals surface area (Å²) in [5, 5.41) is 8.25. The second kappa shape index (κ2) is 9.89. The van der Waals surface area contributed by atoms with Gasteiger partial charge in [-0.2, -0.15) is 0 Å². The predicted octanol–water partition coefficient (Wildman–Crippen LogP) is -0.816. The van der Waals surface area contributed by atoms with E-state index in [1.54, 1.807) is 0 Å². The summed E-state index contributed by atoms with van der Waals surface area (Å²) in [6.45, 7) is 6.70. The molecule has 0 spiro atoms. The summed E-state index contributed by atoms with van der Waals surface area (Å²) in [4.78, 5) is 15.2. The van der Waals surface area contributed by atoms with Crippen LogP contribution in [0.4, 0.5) is 0 Å². The van der Waals surface area contributed by atoms with E-state index in [4.69, 9.17) is 9.98 Å². The molecule has 0 bridgehead atoms. The molecular weight excluding hydrogens is 331 g/mol. The molecule has 0 saturated carbocycles. The van der Waals surface area contributed by atoms with E-state index in [1.807, 2.05) is 0 Å². The normalized spacial score (nSPS) is 30.2. The zero-order chi connectivity index (χ0) is 17.9. The maximum Gasteiger partial charge on any atom is 1.00 e. The number of nitrogens with one attached hydrogen (secondary N) is 1. The molecule has 0 aliphatic carbocycles. The number of amidine groups is 2. The standard InChI is InChI=1S/C20H35N6.Li/c1-25-11-5-16(6-12-25)19-22-18(15-3-9-21-10-4-15)23-20(24-19)17-7-13-26(2)14-8-17;/h15-17,19H,3-14H2,1-2H3,(H,22,23,24);/q-1;+1. The number of likely N-dealkylation sites (tertiary alicyclic amines) is 2. The van der Waals surface area contributed by atoms with Crippen LogP contribution in [0.25, 0.3) is 5.32 Å². The molecule has 1 atom stereocenters. The molecule has 0 aromatic rings. The first-order chi connectivity index (χ1) is 12.7. The van der Waals surface area contributed by atoms with Crippen LogP contribution < -0.4 is 24.2 Å². The van der Waals surface area contributed by atoms with Crippen LogP contribution in [0.1, 0.15) is 38.5 Å². The first-order valence-electron chi connectivity index (χ1n) is 10.6. The smallest absolute Gasteiger partial charge is 0.662 e. The van der Waals surface area contributed by atoms with Gasteiger partial charge in [-0.05, 0) is 66.0 Å². The zero-order valence-corrected chi connectivity index (χ0v) is 17.5. The van der Waals surface area contributed by atoms with Gasteiger partial charge in [0.25, 0.3) is 0 Å². The molecule has 4 rings (SSSR count). The molecule has 0 aromatic carbocycles. The van der Waals surface area contributed by atoms with Crippen LogP contribution in [0.5, 0.6) is 0 Å². The van der Waals surface area contributed by atoms with Crippen molar-refractivity contribution in [3.8, 4) is 0 Å². The minimum absolute atomic E-state index is 0. The van der Waals surface area contributed by atoms with Crippen molar-refractivity contribution in [2.75, 3.05) is 53.4 Å². The van der Waals surface area contributed by atoms with Crippen molar-refractivity contribution in [3.63, 3.8) is 0 Å². The van der Waals surface area contributed by atoms with Gasteiger partial charge < -0.3 is 20.4 Å². The molecule has 4 heterocycles. The summed E-state index contributed by atoms with van der Waals surface area (Å²) in [7, 11) is 4.46. The Labute approximate surface area is 176 Å². The quantitative estimate of drug-likeness (QED) is 0.665. The maximum atomic E-state index is 5.18. The van der Waals surface area contributed by atoms with Crippen LogP contribution in [0.3, 0.4) is 0 Å². The summed E-state index contributed by atoms with van der Waals surface area (Å²) in [5.74, 6) is 4.22. The largest absolute Gasteiger partial charge is 1.00 e. The van der Waals surface area contributed by atoms with Crippen molar-refractivity contribution >= 4 is 11.7 Å². The topological polar surface area (TPSA) is 57.3 Å². The summed E-state index contributed by atoms with van der Waals surface area (Å²) in [6.07, 6.45) is 7.32. The van der Waals surface area contributed by atoms with Gasteiger partial charge in [0.2, 0.25) is 0 Å². The van der Waals surface area contributed by atoms with Crippen LogP contribution in [-0.2, 0) is 0 Å². The summed E-state index contributed by atoms with van der Waals surface area (Å²) >= 11 is 0. The molecule has 0 aromatic heterocycles. The van der Waals surface area contributed by atoms with Crippen molar-refractivity contribution in [2.24, 2.45) is 27.7 Å². The van der Waals surface area contributed by atoms with Crippen LogP contribution in [0, 0.1) is 17.8 Å². The minimum Gasteiger partial charge on any atom is -0.662 e. The third-order valence-electron chi connectivity index (χ3n) is 6.75. The van der Waals surface area contributed by atoms with Crippen molar-refractivity contribution < 1.29 is 18.9 Å². The van der Waals surface area contributed by atoms with Crippen LogP contribution in [-0.4, -0.2) is 81.0 Å². The number of piperidine rings is 3. The van der Waals surface area contributed by atoms with Crippen molar-refractivity contribution in [1.82, 2.24) is 15.1 Å². The average molecular weight is 366 g/mol. The molecule has 7 heteroatoms. The van der Waals surface area contributed by atoms with Crippen LogP contribution in [0.15, 0.2) is 9.98 Å². The van der Waals surface area contributed by atoms with Crippen LogP contribution >= 0.6 is 0 Å². The van der Waals surface area contributed by atoms with E-state index < -0.39 is 0 Å². The molecular formula is C20H35LiN6. The van der Waals surface area contributed by atoms with Gasteiger partial charge in [-0.1, -0.05) is 12.8 Å². The van der Waals surface area contributed by atoms with Gasteiger partial charge >= 0.3 is 18.9 Å². The molecule has 1 N–H and O–H groups in total. The number of nitrogens with zero attached hydrogens (tertiary/aromatic N) is 5. The summed E-state index contributed by atoms with van der Waals surface area (Å²) in [5.41, 5.74) is 0. The van der Waals surface area contributed by atoms with Crippen molar-refractivity contribution in [3.05, 3.63) is 5.32 Å². The molecule has 27 heavy (non-hydrogen) atoms. The van der Waals surface area contributed by atoms with Crippen molar-refractivity contribution in [1.29, 1.82) is 0 Å². The van der Waals surface area contributed by atoms with E-state index in [0.717, 1.165) is 25.9 Å². The molecule has 6 nitrogen and oxygen atoms in total. The Kier molecular flexibility index (Phi) is 7.81. The Balaban J connectivity index is 0.00000210. The van der Waals surface area contributed by atoms with Gasteiger partial charge in [0, 0.05) is 17.8 Å². The molecule has 0 amide bonds. The van der Waals surface area contributed by atoms with Gasteiger partial charge in [0.15, 0.2) is 0 Å². The SMILES string of the molecule is CN1CCC(C2=NC(C3CCN(C)CC3)N=C(C3CC[N-]CC3)N2)CC1.[Li+]. The Bertz CT molecular complexity index is 529. The fourth-order valence-electron chi connectivity index (χ4n) is 4.77. The number of aliphatic imine (C=N–C) groups is 2. The first kappa shape index (κ1) is 21.3. The second-order valence-electron chi connectivity index (χ2n) is 8.73. The Morgan fingerprint density at radius 2 is 1.26 bits per heavy atom. The van der Waals surface area contributed by atoms with Crippen LogP contribution in [0.2, 0.25) is 0 Å². The molecule has 0 radical (unpaired) electrons. The Morgan fingerprint density at radius 1 is 0.778 bits per heavy atom. The van der Waals surface area contributed by atoms with Gasteiger partial charge in [0.05, 0.1) is 0 Å². The van der Waals surface area contributed by atoms with Crippen molar-refractivity contribution in [2.45, 2.75) is 44.7 Å². The average Bonchev–Trinajstić information content (AvgIpc) is 2.69. The Hall–Kier alpha value is -0.383. The van der Waals surface area contributed by atoms with E-state index in [-0.39, 0.29) is 25.0 Å². The van der Waals surface area contributed by atoms with E-state index in [9.17, 15) is 0 Å². The monoisotopic (exact) mass is 366 g/mol. The summed E-state index contributed by atoms with van der Waals surface area (Å²) in [6, 6.07) is 0.